The van der Waals surface area contributed by atoms with Gasteiger partial charge in [-0.1, -0.05) is 24.9 Å². The molecule has 1 N–H and O–H groups in total. The van der Waals surface area contributed by atoms with Crippen molar-refractivity contribution in [3.05, 3.63) is 70.8 Å². The molecule has 0 spiro atoms. The lowest BCUT2D eigenvalue weighted by Gasteiger charge is -2.20. The highest BCUT2D eigenvalue weighted by atomic mass is 35.5. The summed E-state index contributed by atoms with van der Waals surface area (Å²) < 4.78 is 32.2. The SMILES string of the molecule is CCC[C@H](NC(=O)c1cnn(-c2ccc(Cl)cc2)c1C)c1ncccc1S(=O)(=O)CCC(=O)OC. The third kappa shape index (κ3) is 6.26. The molecule has 0 unspecified atom stereocenters. The zero-order valence-electron chi connectivity index (χ0n) is 19.7. The van der Waals surface area contributed by atoms with Gasteiger partial charge in [0.05, 0.1) is 59.1 Å². The van der Waals surface area contributed by atoms with Crippen LogP contribution in [0.15, 0.2) is 53.7 Å². The predicted molar refractivity (Wildman–Crippen MR) is 131 cm³/mol. The van der Waals surface area contributed by atoms with Gasteiger partial charge in [0, 0.05) is 11.2 Å². The zero-order chi connectivity index (χ0) is 25.6. The molecule has 1 aromatic carbocycles. The minimum Gasteiger partial charge on any atom is -0.469 e. The number of halogens is 1. The predicted octanol–water partition coefficient (Wildman–Crippen LogP) is 3.84. The Morgan fingerprint density at radius 1 is 1.20 bits per heavy atom. The minimum absolute atomic E-state index is 0.0174. The Bertz CT molecular complexity index is 1310. The molecule has 186 valence electrons. The summed E-state index contributed by atoms with van der Waals surface area (Å²) >= 11 is 5.96. The van der Waals surface area contributed by atoms with E-state index in [0.29, 0.717) is 29.1 Å². The first-order valence-electron chi connectivity index (χ1n) is 11.0. The van der Waals surface area contributed by atoms with Crippen LogP contribution in [0.5, 0.6) is 0 Å². The number of amides is 1. The topological polar surface area (TPSA) is 120 Å². The van der Waals surface area contributed by atoms with E-state index < -0.39 is 33.5 Å². The first kappa shape index (κ1) is 26.4. The normalized spacial score (nSPS) is 12.2. The Morgan fingerprint density at radius 2 is 1.91 bits per heavy atom. The van der Waals surface area contributed by atoms with Crippen LogP contribution in [-0.2, 0) is 19.4 Å². The first-order valence-corrected chi connectivity index (χ1v) is 13.1. The number of carbonyl (C=O) groups is 2. The van der Waals surface area contributed by atoms with Gasteiger partial charge in [-0.2, -0.15) is 5.10 Å². The number of aromatic nitrogens is 3. The maximum Gasteiger partial charge on any atom is 0.306 e. The van der Waals surface area contributed by atoms with E-state index >= 15 is 0 Å². The van der Waals surface area contributed by atoms with Gasteiger partial charge in [-0.25, -0.2) is 13.1 Å². The molecule has 0 saturated carbocycles. The van der Waals surface area contributed by atoms with Gasteiger partial charge in [0.25, 0.3) is 5.91 Å². The van der Waals surface area contributed by atoms with Gasteiger partial charge in [0.15, 0.2) is 9.84 Å². The molecule has 0 aliphatic carbocycles. The van der Waals surface area contributed by atoms with E-state index in [1.165, 1.54) is 31.6 Å². The van der Waals surface area contributed by atoms with Crippen molar-refractivity contribution in [2.24, 2.45) is 0 Å². The third-order valence-electron chi connectivity index (χ3n) is 5.48. The second-order valence-corrected chi connectivity index (χ2v) is 10.4. The number of methoxy groups -OCH3 is 1. The van der Waals surface area contributed by atoms with E-state index in [-0.39, 0.29) is 17.0 Å². The zero-order valence-corrected chi connectivity index (χ0v) is 21.3. The van der Waals surface area contributed by atoms with Crippen molar-refractivity contribution in [3.63, 3.8) is 0 Å². The molecular formula is C24H27ClN4O5S. The summed E-state index contributed by atoms with van der Waals surface area (Å²) in [6.45, 7) is 3.70. The van der Waals surface area contributed by atoms with E-state index in [9.17, 15) is 18.0 Å². The Hall–Kier alpha value is -3.24. The maximum absolute atomic E-state index is 13.2. The van der Waals surface area contributed by atoms with Crippen molar-refractivity contribution in [1.29, 1.82) is 0 Å². The fourth-order valence-electron chi connectivity index (χ4n) is 3.63. The summed E-state index contributed by atoms with van der Waals surface area (Å²) in [6.07, 6.45) is 3.81. The molecule has 9 nitrogen and oxygen atoms in total. The van der Waals surface area contributed by atoms with Crippen molar-refractivity contribution >= 4 is 33.3 Å². The highest BCUT2D eigenvalue weighted by Gasteiger charge is 2.27. The third-order valence-corrected chi connectivity index (χ3v) is 7.48. The molecule has 0 fully saturated rings. The van der Waals surface area contributed by atoms with Crippen LogP contribution in [0.2, 0.25) is 5.02 Å². The van der Waals surface area contributed by atoms with Gasteiger partial charge in [-0.15, -0.1) is 0 Å². The van der Waals surface area contributed by atoms with Crippen molar-refractivity contribution < 1.29 is 22.7 Å². The largest absolute Gasteiger partial charge is 0.469 e. The number of nitrogens with one attached hydrogen (secondary N) is 1. The molecule has 35 heavy (non-hydrogen) atoms. The van der Waals surface area contributed by atoms with Crippen molar-refractivity contribution in [3.8, 4) is 5.69 Å². The number of sulfone groups is 1. The van der Waals surface area contributed by atoms with Crippen LogP contribution in [0, 0.1) is 6.92 Å². The number of carbonyl (C=O) groups excluding carboxylic acids is 2. The van der Waals surface area contributed by atoms with Gasteiger partial charge in [-0.3, -0.25) is 14.6 Å². The highest BCUT2D eigenvalue weighted by Crippen LogP contribution is 2.26. The van der Waals surface area contributed by atoms with Crippen molar-refractivity contribution in [1.82, 2.24) is 20.1 Å². The molecule has 3 aromatic rings. The number of esters is 1. The molecule has 0 aliphatic heterocycles. The fourth-order valence-corrected chi connectivity index (χ4v) is 5.22. The number of hydrogen-bond donors (Lipinski definition) is 1. The maximum atomic E-state index is 13.2. The lowest BCUT2D eigenvalue weighted by atomic mass is 10.1. The molecule has 3 rings (SSSR count). The smallest absolute Gasteiger partial charge is 0.306 e. The van der Waals surface area contributed by atoms with E-state index in [1.807, 2.05) is 6.92 Å². The fraction of sp³-hybridized carbons (Fsp3) is 0.333. The summed E-state index contributed by atoms with van der Waals surface area (Å²) in [5.41, 5.74) is 1.95. The summed E-state index contributed by atoms with van der Waals surface area (Å²) in [5.74, 6) is -1.44. The Balaban J connectivity index is 1.89. The monoisotopic (exact) mass is 518 g/mol. The van der Waals surface area contributed by atoms with Crippen LogP contribution < -0.4 is 5.32 Å². The summed E-state index contributed by atoms with van der Waals surface area (Å²) in [4.78, 5) is 29.0. The molecular weight excluding hydrogens is 492 g/mol. The second kappa shape index (κ2) is 11.5. The standard InChI is InChI=1S/C24H27ClN4O5S/c1-4-6-20(23-21(7-5-13-26-23)35(32,33)14-12-22(30)34-3)28-24(31)19-15-27-29(16(19)2)18-10-8-17(25)9-11-18/h5,7-11,13,15,20H,4,6,12,14H2,1-3H3,(H,28,31)/t20-/m0/s1. The molecule has 0 radical (unpaired) electrons. The number of nitrogens with zero attached hydrogens (tertiary/aromatic N) is 3. The number of pyridine rings is 1. The van der Waals surface area contributed by atoms with Crippen LogP contribution in [-0.4, -0.2) is 47.9 Å². The van der Waals surface area contributed by atoms with E-state index in [0.717, 1.165) is 5.69 Å². The molecule has 1 amide bonds. The molecule has 0 bridgehead atoms. The number of benzene rings is 1. The quantitative estimate of drug-likeness (QED) is 0.405. The van der Waals surface area contributed by atoms with Gasteiger partial charge in [0.1, 0.15) is 0 Å². The summed E-state index contributed by atoms with van der Waals surface area (Å²) in [7, 11) is -2.64. The highest BCUT2D eigenvalue weighted by molar-refractivity contribution is 7.91. The van der Waals surface area contributed by atoms with Gasteiger partial charge in [0.2, 0.25) is 0 Å². The average Bonchev–Trinajstić information content (AvgIpc) is 3.24. The van der Waals surface area contributed by atoms with Crippen molar-refractivity contribution in [2.45, 2.75) is 44.0 Å². The molecule has 2 heterocycles. The van der Waals surface area contributed by atoms with Gasteiger partial charge >= 0.3 is 5.97 Å². The molecule has 1 atom stereocenters. The van der Waals surface area contributed by atoms with Gasteiger partial charge < -0.3 is 10.1 Å². The van der Waals surface area contributed by atoms with Crippen LogP contribution in [0.25, 0.3) is 5.69 Å². The van der Waals surface area contributed by atoms with Crippen LogP contribution in [0.4, 0.5) is 0 Å². The van der Waals surface area contributed by atoms with E-state index in [2.05, 4.69) is 20.1 Å². The Morgan fingerprint density at radius 3 is 2.57 bits per heavy atom. The molecule has 2 aromatic heterocycles. The first-order chi connectivity index (χ1) is 16.7. The van der Waals surface area contributed by atoms with E-state index in [1.54, 1.807) is 35.9 Å². The van der Waals surface area contributed by atoms with Crippen molar-refractivity contribution in [2.75, 3.05) is 12.9 Å². The van der Waals surface area contributed by atoms with Crippen LogP contribution >= 0.6 is 11.6 Å². The number of hydrogen-bond acceptors (Lipinski definition) is 7. The number of rotatable bonds is 10. The van der Waals surface area contributed by atoms with Crippen LogP contribution in [0.1, 0.15) is 54.0 Å². The lowest BCUT2D eigenvalue weighted by molar-refractivity contribution is -0.140. The lowest BCUT2D eigenvalue weighted by Crippen LogP contribution is -2.31. The second-order valence-electron chi connectivity index (χ2n) is 7.88. The Kier molecular flexibility index (Phi) is 8.63. The minimum atomic E-state index is -3.85. The molecule has 0 aliphatic rings. The Labute approximate surface area is 209 Å². The number of ether oxygens (including phenoxy) is 1. The van der Waals surface area contributed by atoms with Crippen LogP contribution in [0.3, 0.4) is 0 Å². The molecule has 11 heteroatoms. The molecule has 0 saturated heterocycles. The summed E-state index contributed by atoms with van der Waals surface area (Å²) in [5, 5.41) is 7.84. The average molecular weight is 519 g/mol. The van der Waals surface area contributed by atoms with E-state index in [4.69, 9.17) is 11.6 Å². The summed E-state index contributed by atoms with van der Waals surface area (Å²) in [6, 6.07) is 9.35. The van der Waals surface area contributed by atoms with Gasteiger partial charge in [-0.05, 0) is 49.7 Å².